The van der Waals surface area contributed by atoms with E-state index in [1.807, 2.05) is 0 Å². The quantitative estimate of drug-likeness (QED) is 0.465. The summed E-state index contributed by atoms with van der Waals surface area (Å²) in [6.07, 6.45) is -1.24. The Kier molecular flexibility index (Phi) is 3.43. The summed E-state index contributed by atoms with van der Waals surface area (Å²) in [4.78, 5) is 0. The van der Waals surface area contributed by atoms with Crippen LogP contribution in [-0.4, -0.2) is 11.7 Å². The van der Waals surface area contributed by atoms with Crippen molar-refractivity contribution in [2.75, 3.05) is 6.16 Å². The van der Waals surface area contributed by atoms with Gasteiger partial charge in [0, 0.05) is 9.77 Å². The zero-order chi connectivity index (χ0) is 10.9. The highest BCUT2D eigenvalue weighted by molar-refractivity contribution is 7.54. The monoisotopic (exact) mass is 229 g/mol. The van der Waals surface area contributed by atoms with Crippen molar-refractivity contribution in [2.45, 2.75) is 13.3 Å². The van der Waals surface area contributed by atoms with Gasteiger partial charge in [0.25, 0.3) is 0 Å². The average molecular weight is 229 g/mol. The van der Waals surface area contributed by atoms with E-state index in [4.69, 9.17) is 0 Å². The molecule has 0 radical (unpaired) electrons. The van der Waals surface area contributed by atoms with Gasteiger partial charge in [0.1, 0.15) is 0 Å². The van der Waals surface area contributed by atoms with Gasteiger partial charge in [0.15, 0.2) is 17.8 Å². The number of rotatable bonds is 1. The van der Waals surface area contributed by atoms with Gasteiger partial charge in [-0.05, 0) is 6.42 Å². The van der Waals surface area contributed by atoms with Gasteiger partial charge in [-0.15, -0.1) is 0 Å². The standard InChI is InChI=1S/C8H7F5P/c1-2-4-6(10)5(9)3-14(13)8(12)7(4)11/h2-3H2,1H3/q+1. The molecule has 1 unspecified atom stereocenters. The highest BCUT2D eigenvalue weighted by atomic mass is 31.1. The first kappa shape index (κ1) is 11.4. The molecule has 0 aromatic rings. The Hall–Kier alpha value is -0.700. The van der Waals surface area contributed by atoms with E-state index < -0.39 is 42.6 Å². The maximum Gasteiger partial charge on any atom is 0.364 e. The van der Waals surface area contributed by atoms with Gasteiger partial charge in [-0.1, -0.05) is 6.92 Å². The minimum Gasteiger partial charge on any atom is -0.204 e. The van der Waals surface area contributed by atoms with Crippen LogP contribution in [-0.2, 0) is 0 Å². The molecule has 1 heterocycles. The molecule has 1 aliphatic heterocycles. The number of hydrogen-bond donors (Lipinski definition) is 0. The second-order valence-corrected chi connectivity index (χ2v) is 4.11. The fourth-order valence-corrected chi connectivity index (χ4v) is 1.93. The van der Waals surface area contributed by atoms with Crippen LogP contribution in [0, 0.1) is 0 Å². The van der Waals surface area contributed by atoms with E-state index in [0.29, 0.717) is 0 Å². The van der Waals surface area contributed by atoms with Crippen LogP contribution in [0.4, 0.5) is 21.8 Å². The minimum atomic E-state index is -3.07. The smallest absolute Gasteiger partial charge is 0.204 e. The van der Waals surface area contributed by atoms with Gasteiger partial charge in [-0.3, -0.25) is 0 Å². The molecule has 0 bridgehead atoms. The molecule has 0 saturated heterocycles. The predicted octanol–water partition coefficient (Wildman–Crippen LogP) is 4.25. The Bertz CT molecular complexity index is 353. The van der Waals surface area contributed by atoms with Crippen LogP contribution < -0.4 is 0 Å². The minimum absolute atomic E-state index is 0.221. The van der Waals surface area contributed by atoms with Crippen molar-refractivity contribution >= 4 is 13.4 Å². The van der Waals surface area contributed by atoms with Gasteiger partial charge in [-0.2, -0.15) is 8.78 Å². The molecule has 0 aromatic carbocycles. The fraction of sp³-hybridized carbons (Fsp3) is 0.375. The third-order valence-electron chi connectivity index (χ3n) is 1.79. The molecule has 1 atom stereocenters. The maximum absolute atomic E-state index is 13.0. The second-order valence-electron chi connectivity index (χ2n) is 2.68. The van der Waals surface area contributed by atoms with Crippen LogP contribution in [0.3, 0.4) is 0 Å². The zero-order valence-electron chi connectivity index (χ0n) is 7.25. The molecule has 0 aromatic heterocycles. The molecule has 0 fully saturated rings. The molecule has 0 N–H and O–H groups in total. The SMILES string of the molecule is CCC1=C(F)C(F)=[P+](F)CC(F)=C1F. The highest BCUT2D eigenvalue weighted by Gasteiger charge is 2.35. The largest absolute Gasteiger partial charge is 0.364 e. The van der Waals surface area contributed by atoms with Crippen molar-refractivity contribution in [3.8, 4) is 0 Å². The molecule has 0 nitrogen and oxygen atoms in total. The van der Waals surface area contributed by atoms with E-state index in [1.54, 1.807) is 0 Å². The number of hydrogen-bond acceptors (Lipinski definition) is 0. The van der Waals surface area contributed by atoms with Crippen molar-refractivity contribution in [3.05, 3.63) is 23.1 Å². The van der Waals surface area contributed by atoms with Crippen LogP contribution in [0.1, 0.15) is 13.3 Å². The summed E-state index contributed by atoms with van der Waals surface area (Å²) in [5.74, 6) is -4.48. The summed E-state index contributed by atoms with van der Waals surface area (Å²) in [6, 6.07) is 0. The molecule has 0 aliphatic carbocycles. The summed E-state index contributed by atoms with van der Waals surface area (Å²) >= 11 is 0. The van der Waals surface area contributed by atoms with E-state index in [1.165, 1.54) is 6.92 Å². The second kappa shape index (κ2) is 4.22. The molecule has 78 valence electrons. The Morgan fingerprint density at radius 1 is 1.14 bits per heavy atom. The van der Waals surface area contributed by atoms with E-state index in [9.17, 15) is 21.8 Å². The molecule has 0 spiro atoms. The number of allylic oxidation sites excluding steroid dienone is 4. The molecule has 1 aliphatic rings. The first-order chi connectivity index (χ1) is 6.49. The summed E-state index contributed by atoms with van der Waals surface area (Å²) < 4.78 is 64.3. The van der Waals surface area contributed by atoms with E-state index in [2.05, 4.69) is 0 Å². The topological polar surface area (TPSA) is 0 Å². The van der Waals surface area contributed by atoms with E-state index in [-0.39, 0.29) is 6.42 Å². The Labute approximate surface area is 78.6 Å². The maximum atomic E-state index is 13.0. The molecule has 0 saturated carbocycles. The third-order valence-corrected chi connectivity index (χ3v) is 2.97. The van der Waals surface area contributed by atoms with Gasteiger partial charge < -0.3 is 0 Å². The predicted molar refractivity (Wildman–Crippen MR) is 46.7 cm³/mol. The molecular formula is C8H7F5P+. The van der Waals surface area contributed by atoms with Crippen LogP contribution in [0.25, 0.3) is 0 Å². The molecule has 6 heteroatoms. The van der Waals surface area contributed by atoms with Gasteiger partial charge in [-0.25, -0.2) is 8.78 Å². The average Bonchev–Trinajstić information content (AvgIpc) is 2.21. The Balaban J connectivity index is 3.37. The van der Waals surface area contributed by atoms with Crippen molar-refractivity contribution in [2.24, 2.45) is 0 Å². The Morgan fingerprint density at radius 3 is 2.21 bits per heavy atom. The molecule has 14 heavy (non-hydrogen) atoms. The van der Waals surface area contributed by atoms with Crippen molar-refractivity contribution in [3.63, 3.8) is 0 Å². The van der Waals surface area contributed by atoms with Crippen molar-refractivity contribution in [1.29, 1.82) is 0 Å². The van der Waals surface area contributed by atoms with Gasteiger partial charge in [0.2, 0.25) is 5.83 Å². The third kappa shape index (κ3) is 1.87. The number of halogens is 5. The zero-order valence-corrected chi connectivity index (χ0v) is 8.15. The molecule has 0 amide bonds. The lowest BCUT2D eigenvalue weighted by Gasteiger charge is -1.99. The van der Waals surface area contributed by atoms with Gasteiger partial charge in [0.05, 0.1) is 0 Å². The summed E-state index contributed by atoms with van der Waals surface area (Å²) in [6.45, 7) is 1.33. The first-order valence-corrected chi connectivity index (χ1v) is 5.30. The molecular weight excluding hydrogens is 222 g/mol. The lowest BCUT2D eigenvalue weighted by atomic mass is 10.1. The lowest BCUT2D eigenvalue weighted by molar-refractivity contribution is 0.534. The molecule has 1 rings (SSSR count). The highest BCUT2D eigenvalue weighted by Crippen LogP contribution is 2.40. The van der Waals surface area contributed by atoms with E-state index >= 15 is 0 Å². The normalized spacial score (nSPS) is 21.9. The van der Waals surface area contributed by atoms with Crippen molar-refractivity contribution < 1.29 is 21.8 Å². The lowest BCUT2D eigenvalue weighted by Crippen LogP contribution is -1.93. The fourth-order valence-electron chi connectivity index (χ4n) is 1.06. The van der Waals surface area contributed by atoms with Crippen LogP contribution in [0.5, 0.6) is 0 Å². The Morgan fingerprint density at radius 2 is 1.71 bits per heavy atom. The summed E-state index contributed by atoms with van der Waals surface area (Å²) in [5.41, 5.74) is -2.40. The summed E-state index contributed by atoms with van der Waals surface area (Å²) in [5, 5.41) is 0. The van der Waals surface area contributed by atoms with Crippen molar-refractivity contribution in [1.82, 2.24) is 0 Å². The van der Waals surface area contributed by atoms with Gasteiger partial charge >= 0.3 is 13.4 Å². The van der Waals surface area contributed by atoms with E-state index in [0.717, 1.165) is 0 Å². The first-order valence-electron chi connectivity index (χ1n) is 3.88. The van der Waals surface area contributed by atoms with Crippen LogP contribution in [0.15, 0.2) is 23.1 Å². The van der Waals surface area contributed by atoms with Crippen LogP contribution >= 0.6 is 7.86 Å². The van der Waals surface area contributed by atoms with Crippen LogP contribution in [0.2, 0.25) is 0 Å². The summed E-state index contributed by atoms with van der Waals surface area (Å²) in [7, 11) is -3.07.